The zero-order valence-electron chi connectivity index (χ0n) is 15.8. The largest absolute Gasteiger partial charge is 0.479 e. The van der Waals surface area contributed by atoms with Crippen molar-refractivity contribution in [3.8, 4) is 17.0 Å². The number of benzene rings is 2. The van der Waals surface area contributed by atoms with Gasteiger partial charge < -0.3 is 10.1 Å². The van der Waals surface area contributed by atoms with E-state index in [1.165, 1.54) is 40.5 Å². The molecule has 0 fully saturated rings. The molecule has 2 aromatic carbocycles. The zero-order chi connectivity index (χ0) is 20.5. The monoisotopic (exact) mass is 411 g/mol. The third kappa shape index (κ3) is 3.97. The van der Waals surface area contributed by atoms with Gasteiger partial charge in [0.2, 0.25) is 5.91 Å². The fourth-order valence-corrected chi connectivity index (χ4v) is 3.72. The molecule has 4 rings (SSSR count). The number of carbonyl (C=O) groups is 2. The van der Waals surface area contributed by atoms with E-state index in [1.54, 1.807) is 19.1 Å². The second-order valence-electron chi connectivity index (χ2n) is 6.67. The van der Waals surface area contributed by atoms with Crippen molar-refractivity contribution in [1.29, 1.82) is 0 Å². The number of nitrogens with zero attached hydrogens (tertiary/aromatic N) is 2. The van der Waals surface area contributed by atoms with Gasteiger partial charge in [-0.05, 0) is 56.3 Å². The molecule has 0 bridgehead atoms. The highest BCUT2D eigenvalue weighted by Gasteiger charge is 2.33. The van der Waals surface area contributed by atoms with E-state index in [4.69, 9.17) is 4.74 Å². The molecule has 1 N–H and O–H groups in total. The fourth-order valence-electron chi connectivity index (χ4n) is 3.10. The summed E-state index contributed by atoms with van der Waals surface area (Å²) in [6.07, 6.45) is -0.700. The summed E-state index contributed by atoms with van der Waals surface area (Å²) in [6, 6.07) is 10.9. The fraction of sp³-hybridized carbons (Fsp3) is 0.190. The molecule has 1 aliphatic rings. The van der Waals surface area contributed by atoms with E-state index < -0.39 is 6.10 Å². The summed E-state index contributed by atoms with van der Waals surface area (Å²) >= 11 is 1.54. The van der Waals surface area contributed by atoms with Crippen molar-refractivity contribution >= 4 is 34.5 Å². The van der Waals surface area contributed by atoms with Crippen LogP contribution in [0.1, 0.15) is 11.9 Å². The van der Waals surface area contributed by atoms with Gasteiger partial charge in [0.15, 0.2) is 6.10 Å². The molecule has 1 atom stereocenters. The van der Waals surface area contributed by atoms with Crippen LogP contribution in [0.2, 0.25) is 0 Å². The number of aryl methyl sites for hydroxylation is 1. The number of amides is 2. The summed E-state index contributed by atoms with van der Waals surface area (Å²) < 4.78 is 18.8. The summed E-state index contributed by atoms with van der Waals surface area (Å²) in [6.45, 7) is 3.39. The maximum absolute atomic E-state index is 13.1. The molecule has 0 radical (unpaired) electrons. The van der Waals surface area contributed by atoms with Gasteiger partial charge in [0.05, 0.1) is 16.4 Å². The SMILES string of the molecule is Cc1nc(-c2ccc3c(c2)N(CC(=O)Nc2ccc(F)cc2)C(=O)C(C)O3)cs1. The maximum Gasteiger partial charge on any atom is 0.268 e. The Morgan fingerprint density at radius 3 is 2.72 bits per heavy atom. The van der Waals surface area contributed by atoms with Crippen LogP contribution in [0, 0.1) is 12.7 Å². The molecular formula is C21H18FN3O3S. The number of nitrogens with one attached hydrogen (secondary N) is 1. The number of thiazole rings is 1. The molecule has 6 nitrogen and oxygen atoms in total. The minimum Gasteiger partial charge on any atom is -0.479 e. The average molecular weight is 411 g/mol. The number of hydrogen-bond donors (Lipinski definition) is 1. The van der Waals surface area contributed by atoms with Gasteiger partial charge in [0.25, 0.3) is 5.91 Å². The van der Waals surface area contributed by atoms with Gasteiger partial charge in [-0.1, -0.05) is 0 Å². The summed E-state index contributed by atoms with van der Waals surface area (Å²) in [5.41, 5.74) is 2.61. The lowest BCUT2D eigenvalue weighted by Crippen LogP contribution is -2.47. The highest BCUT2D eigenvalue weighted by Crippen LogP contribution is 2.37. The van der Waals surface area contributed by atoms with Crippen molar-refractivity contribution in [2.45, 2.75) is 20.0 Å². The topological polar surface area (TPSA) is 71.5 Å². The van der Waals surface area contributed by atoms with Gasteiger partial charge in [0, 0.05) is 16.6 Å². The van der Waals surface area contributed by atoms with E-state index in [0.29, 0.717) is 17.1 Å². The van der Waals surface area contributed by atoms with Crippen LogP contribution in [-0.4, -0.2) is 29.4 Å². The number of hydrogen-bond acceptors (Lipinski definition) is 5. The maximum atomic E-state index is 13.1. The van der Waals surface area contributed by atoms with Crippen molar-refractivity contribution in [1.82, 2.24) is 4.98 Å². The first kappa shape index (κ1) is 19.1. The molecular weight excluding hydrogens is 393 g/mol. The first-order chi connectivity index (χ1) is 13.9. The Morgan fingerprint density at radius 1 is 1.28 bits per heavy atom. The number of carbonyl (C=O) groups excluding carboxylic acids is 2. The Morgan fingerprint density at radius 2 is 2.03 bits per heavy atom. The van der Waals surface area contributed by atoms with Crippen molar-refractivity contribution in [2.24, 2.45) is 0 Å². The summed E-state index contributed by atoms with van der Waals surface area (Å²) in [7, 11) is 0. The molecule has 29 heavy (non-hydrogen) atoms. The van der Waals surface area contributed by atoms with E-state index in [1.807, 2.05) is 18.4 Å². The average Bonchev–Trinajstić information content (AvgIpc) is 3.13. The molecule has 1 aliphatic heterocycles. The van der Waals surface area contributed by atoms with Crippen molar-refractivity contribution in [3.05, 3.63) is 58.7 Å². The van der Waals surface area contributed by atoms with Crippen LogP contribution in [-0.2, 0) is 9.59 Å². The first-order valence-electron chi connectivity index (χ1n) is 9.01. The Bertz CT molecular complexity index is 1080. The highest BCUT2D eigenvalue weighted by atomic mass is 32.1. The van der Waals surface area contributed by atoms with Crippen molar-refractivity contribution in [2.75, 3.05) is 16.8 Å². The lowest BCUT2D eigenvalue weighted by molar-refractivity contribution is -0.127. The van der Waals surface area contributed by atoms with E-state index in [2.05, 4.69) is 10.3 Å². The van der Waals surface area contributed by atoms with Gasteiger partial charge >= 0.3 is 0 Å². The quantitative estimate of drug-likeness (QED) is 0.704. The van der Waals surface area contributed by atoms with E-state index in [0.717, 1.165) is 16.3 Å². The number of aromatic nitrogens is 1. The predicted molar refractivity (Wildman–Crippen MR) is 110 cm³/mol. The van der Waals surface area contributed by atoms with Gasteiger partial charge in [-0.3, -0.25) is 14.5 Å². The highest BCUT2D eigenvalue weighted by molar-refractivity contribution is 7.09. The normalized spacial score (nSPS) is 15.6. The lowest BCUT2D eigenvalue weighted by Gasteiger charge is -2.32. The molecule has 2 amide bonds. The molecule has 0 aliphatic carbocycles. The second kappa shape index (κ2) is 7.63. The van der Waals surface area contributed by atoms with Gasteiger partial charge in [-0.25, -0.2) is 9.37 Å². The molecule has 3 aromatic rings. The zero-order valence-corrected chi connectivity index (χ0v) is 16.6. The summed E-state index contributed by atoms with van der Waals surface area (Å²) in [5, 5.41) is 5.56. The Labute approximate surface area is 171 Å². The van der Waals surface area contributed by atoms with Crippen molar-refractivity contribution < 1.29 is 18.7 Å². The third-order valence-electron chi connectivity index (χ3n) is 4.51. The van der Waals surface area contributed by atoms with Crippen LogP contribution in [0.15, 0.2) is 47.8 Å². The number of ether oxygens (including phenoxy) is 1. The first-order valence-corrected chi connectivity index (χ1v) is 9.88. The Balaban J connectivity index is 1.61. The molecule has 148 valence electrons. The molecule has 2 heterocycles. The van der Waals surface area contributed by atoms with Crippen LogP contribution < -0.4 is 15.0 Å². The number of halogens is 1. The summed E-state index contributed by atoms with van der Waals surface area (Å²) in [5.74, 6) is -0.556. The van der Waals surface area contributed by atoms with Crippen LogP contribution >= 0.6 is 11.3 Å². The van der Waals surface area contributed by atoms with Crippen LogP contribution in [0.25, 0.3) is 11.3 Å². The Kier molecular flexibility index (Phi) is 5.02. The lowest BCUT2D eigenvalue weighted by atomic mass is 10.1. The number of anilines is 2. The minimum atomic E-state index is -0.700. The Hall–Kier alpha value is -3.26. The van der Waals surface area contributed by atoms with Gasteiger partial charge in [0.1, 0.15) is 18.1 Å². The van der Waals surface area contributed by atoms with Crippen molar-refractivity contribution in [3.63, 3.8) is 0 Å². The smallest absolute Gasteiger partial charge is 0.268 e. The molecule has 0 spiro atoms. The number of rotatable bonds is 4. The van der Waals surface area contributed by atoms with E-state index in [9.17, 15) is 14.0 Å². The minimum absolute atomic E-state index is 0.184. The van der Waals surface area contributed by atoms with Crippen LogP contribution in [0.3, 0.4) is 0 Å². The molecule has 0 saturated carbocycles. The second-order valence-corrected chi connectivity index (χ2v) is 7.74. The molecule has 1 aromatic heterocycles. The standard InChI is InChI=1S/C21H18FN3O3S/c1-12-21(27)25(10-20(26)24-16-6-4-15(22)5-7-16)18-9-14(3-8-19(18)28-12)17-11-29-13(2)23-17/h3-9,11-12H,10H2,1-2H3,(H,24,26). The third-order valence-corrected chi connectivity index (χ3v) is 5.29. The van der Waals surface area contributed by atoms with E-state index in [-0.39, 0.29) is 24.2 Å². The number of fused-ring (bicyclic) bond motifs is 1. The molecule has 0 saturated heterocycles. The molecule has 1 unspecified atom stereocenters. The van der Waals surface area contributed by atoms with Crippen LogP contribution in [0.5, 0.6) is 5.75 Å². The van der Waals surface area contributed by atoms with E-state index >= 15 is 0 Å². The van der Waals surface area contributed by atoms with Crippen LogP contribution in [0.4, 0.5) is 15.8 Å². The molecule has 8 heteroatoms. The predicted octanol–water partition coefficient (Wildman–Crippen LogP) is 4.01. The summed E-state index contributed by atoms with van der Waals surface area (Å²) in [4.78, 5) is 31.2. The van der Waals surface area contributed by atoms with Gasteiger partial charge in [-0.15, -0.1) is 11.3 Å². The van der Waals surface area contributed by atoms with Gasteiger partial charge in [-0.2, -0.15) is 0 Å².